The molecule has 0 aromatic carbocycles. The summed E-state index contributed by atoms with van der Waals surface area (Å²) >= 11 is 5.80. The molecular weight excluding hydrogens is 250 g/mol. The Labute approximate surface area is 100 Å². The highest BCUT2D eigenvalue weighted by molar-refractivity contribution is 7.90. The van der Waals surface area contributed by atoms with Crippen molar-refractivity contribution in [2.45, 2.75) is 13.8 Å². The average Bonchev–Trinajstić information content (AvgIpc) is 2.16. The van der Waals surface area contributed by atoms with E-state index in [2.05, 4.69) is 15.5 Å². The third-order valence-corrected chi connectivity index (χ3v) is 3.54. The van der Waals surface area contributed by atoms with Crippen LogP contribution in [0.3, 0.4) is 0 Å². The van der Waals surface area contributed by atoms with Crippen molar-refractivity contribution in [2.75, 3.05) is 23.9 Å². The third kappa shape index (κ3) is 3.61. The smallest absolute Gasteiger partial charge is 0.155 e. The Hall–Kier alpha value is -0.880. The minimum atomic E-state index is -2.96. The van der Waals surface area contributed by atoms with Crippen molar-refractivity contribution in [3.05, 3.63) is 16.3 Å². The van der Waals surface area contributed by atoms with Gasteiger partial charge in [-0.1, -0.05) is 11.6 Å². The lowest BCUT2D eigenvalue weighted by Crippen LogP contribution is -2.16. The van der Waals surface area contributed by atoms with Gasteiger partial charge in [-0.05, 0) is 25.0 Å². The monoisotopic (exact) mass is 263 g/mol. The Kier molecular flexibility index (Phi) is 4.09. The van der Waals surface area contributed by atoms with E-state index in [1.54, 1.807) is 0 Å². The number of nitrogens with zero attached hydrogens (tertiary/aromatic N) is 2. The Morgan fingerprint density at radius 1 is 1.25 bits per heavy atom. The molecular formula is C9H14ClN3O2S. The highest BCUT2D eigenvalue weighted by Crippen LogP contribution is 2.20. The summed E-state index contributed by atoms with van der Waals surface area (Å²) in [6.07, 6.45) is 1.19. The van der Waals surface area contributed by atoms with Gasteiger partial charge in [0.1, 0.15) is 9.84 Å². The zero-order valence-corrected chi connectivity index (χ0v) is 11.0. The number of hydrogen-bond acceptors (Lipinski definition) is 5. The van der Waals surface area contributed by atoms with E-state index in [9.17, 15) is 8.42 Å². The molecule has 1 N–H and O–H groups in total. The van der Waals surface area contributed by atoms with E-state index < -0.39 is 9.84 Å². The van der Waals surface area contributed by atoms with E-state index in [-0.39, 0.29) is 5.75 Å². The second kappa shape index (κ2) is 4.97. The lowest BCUT2D eigenvalue weighted by Gasteiger charge is -2.09. The quantitative estimate of drug-likeness (QED) is 0.884. The van der Waals surface area contributed by atoms with Gasteiger partial charge in [0.15, 0.2) is 11.0 Å². The molecule has 1 aromatic rings. The van der Waals surface area contributed by atoms with E-state index >= 15 is 0 Å². The van der Waals surface area contributed by atoms with Crippen LogP contribution in [0, 0.1) is 13.8 Å². The van der Waals surface area contributed by atoms with Gasteiger partial charge in [0.2, 0.25) is 0 Å². The van der Waals surface area contributed by atoms with Crippen LogP contribution in [0.2, 0.25) is 5.15 Å². The van der Waals surface area contributed by atoms with Gasteiger partial charge in [-0.15, -0.1) is 10.2 Å². The number of rotatable bonds is 4. The van der Waals surface area contributed by atoms with Gasteiger partial charge in [0, 0.05) is 12.8 Å². The fourth-order valence-electron chi connectivity index (χ4n) is 1.10. The van der Waals surface area contributed by atoms with Crippen molar-refractivity contribution in [3.63, 3.8) is 0 Å². The van der Waals surface area contributed by atoms with Crippen LogP contribution >= 0.6 is 11.6 Å². The van der Waals surface area contributed by atoms with E-state index in [0.717, 1.165) is 11.1 Å². The minimum absolute atomic E-state index is 0.0653. The molecule has 0 bridgehead atoms. The van der Waals surface area contributed by atoms with Crippen molar-refractivity contribution in [2.24, 2.45) is 0 Å². The van der Waals surface area contributed by atoms with Gasteiger partial charge in [0.25, 0.3) is 0 Å². The maximum Gasteiger partial charge on any atom is 0.155 e. The van der Waals surface area contributed by atoms with Crippen LogP contribution < -0.4 is 5.32 Å². The Bertz CT molecular complexity index is 488. The summed E-state index contributed by atoms with van der Waals surface area (Å²) < 4.78 is 21.9. The van der Waals surface area contributed by atoms with E-state index in [1.807, 2.05) is 13.8 Å². The van der Waals surface area contributed by atoms with Crippen LogP contribution in [0.5, 0.6) is 0 Å². The minimum Gasteiger partial charge on any atom is -0.367 e. The molecule has 0 aliphatic rings. The summed E-state index contributed by atoms with van der Waals surface area (Å²) in [5.41, 5.74) is 1.73. The highest BCUT2D eigenvalue weighted by Gasteiger charge is 2.08. The maximum atomic E-state index is 10.9. The zero-order valence-electron chi connectivity index (χ0n) is 9.41. The zero-order chi connectivity index (χ0) is 12.3. The number of halogens is 1. The van der Waals surface area contributed by atoms with E-state index in [0.29, 0.717) is 17.5 Å². The third-order valence-electron chi connectivity index (χ3n) is 2.23. The molecule has 0 unspecified atom stereocenters. The van der Waals surface area contributed by atoms with Gasteiger partial charge < -0.3 is 5.32 Å². The fraction of sp³-hybridized carbons (Fsp3) is 0.556. The standard InChI is InChI=1S/C9H14ClN3O2S/c1-6-7(2)9(13-12-8(6)10)11-4-5-16(3,14)15/h4-5H2,1-3H3,(H,11,13). The van der Waals surface area contributed by atoms with Crippen LogP contribution in [0.4, 0.5) is 5.82 Å². The molecule has 0 radical (unpaired) electrons. The topological polar surface area (TPSA) is 72.0 Å². The Balaban J connectivity index is 2.72. The first-order valence-electron chi connectivity index (χ1n) is 4.72. The number of sulfone groups is 1. The molecule has 16 heavy (non-hydrogen) atoms. The lowest BCUT2D eigenvalue weighted by atomic mass is 10.2. The van der Waals surface area contributed by atoms with E-state index in [1.165, 1.54) is 6.26 Å². The van der Waals surface area contributed by atoms with Crippen molar-refractivity contribution < 1.29 is 8.42 Å². The number of hydrogen-bond donors (Lipinski definition) is 1. The van der Waals surface area contributed by atoms with Gasteiger partial charge >= 0.3 is 0 Å². The molecule has 0 aliphatic heterocycles. The first kappa shape index (κ1) is 13.2. The predicted molar refractivity (Wildman–Crippen MR) is 64.7 cm³/mol. The second-order valence-corrected chi connectivity index (χ2v) is 6.26. The molecule has 0 aliphatic carbocycles. The molecule has 90 valence electrons. The molecule has 0 atom stereocenters. The highest BCUT2D eigenvalue weighted by atomic mass is 35.5. The maximum absolute atomic E-state index is 10.9. The molecule has 7 heteroatoms. The van der Waals surface area contributed by atoms with E-state index in [4.69, 9.17) is 11.6 Å². The van der Waals surface area contributed by atoms with Crippen LogP contribution in [-0.4, -0.2) is 37.2 Å². The van der Waals surface area contributed by atoms with Gasteiger partial charge in [-0.3, -0.25) is 0 Å². The first-order valence-corrected chi connectivity index (χ1v) is 7.16. The Morgan fingerprint density at radius 3 is 2.44 bits per heavy atom. The number of aromatic nitrogens is 2. The summed E-state index contributed by atoms with van der Waals surface area (Å²) in [4.78, 5) is 0. The molecule has 0 fully saturated rings. The average molecular weight is 264 g/mol. The molecule has 5 nitrogen and oxygen atoms in total. The SMILES string of the molecule is Cc1c(Cl)nnc(NCCS(C)(=O)=O)c1C. The molecule has 0 amide bonds. The summed E-state index contributed by atoms with van der Waals surface area (Å²) in [6, 6.07) is 0. The largest absolute Gasteiger partial charge is 0.367 e. The van der Waals surface area contributed by atoms with Crippen molar-refractivity contribution in [1.29, 1.82) is 0 Å². The summed E-state index contributed by atoms with van der Waals surface area (Å²) in [5, 5.41) is 10.9. The Morgan fingerprint density at radius 2 is 1.88 bits per heavy atom. The van der Waals surface area contributed by atoms with Gasteiger partial charge in [-0.25, -0.2) is 8.42 Å². The molecule has 1 rings (SSSR count). The summed E-state index contributed by atoms with van der Waals surface area (Å²) in [5.74, 6) is 0.640. The first-order chi connectivity index (χ1) is 7.31. The second-order valence-electron chi connectivity index (χ2n) is 3.65. The normalized spacial score (nSPS) is 11.5. The van der Waals surface area contributed by atoms with Crippen molar-refractivity contribution >= 4 is 27.3 Å². The van der Waals surface area contributed by atoms with Crippen molar-refractivity contribution in [1.82, 2.24) is 10.2 Å². The van der Waals surface area contributed by atoms with Gasteiger partial charge in [0.05, 0.1) is 5.75 Å². The van der Waals surface area contributed by atoms with Crippen molar-refractivity contribution in [3.8, 4) is 0 Å². The summed E-state index contributed by atoms with van der Waals surface area (Å²) in [7, 11) is -2.96. The number of nitrogens with one attached hydrogen (secondary N) is 1. The number of anilines is 1. The predicted octanol–water partition coefficient (Wildman–Crippen LogP) is 1.20. The fourth-order valence-corrected chi connectivity index (χ4v) is 1.75. The summed E-state index contributed by atoms with van der Waals surface area (Å²) in [6.45, 7) is 4.02. The molecule has 1 heterocycles. The van der Waals surface area contributed by atoms with Crippen LogP contribution in [0.1, 0.15) is 11.1 Å². The molecule has 1 aromatic heterocycles. The molecule has 0 spiro atoms. The van der Waals surface area contributed by atoms with Crippen LogP contribution in [0.25, 0.3) is 0 Å². The molecule has 0 saturated carbocycles. The van der Waals surface area contributed by atoms with Crippen LogP contribution in [0.15, 0.2) is 0 Å². The lowest BCUT2D eigenvalue weighted by molar-refractivity contribution is 0.602. The molecule has 0 saturated heterocycles. The van der Waals surface area contributed by atoms with Gasteiger partial charge in [-0.2, -0.15) is 0 Å². The van der Waals surface area contributed by atoms with Crippen LogP contribution in [-0.2, 0) is 9.84 Å².